The standard InChI is InChI=1S/C31H22N2O2/c1-20-17-18-24-25(19-20)35-31(34)27(26(24)21-11-5-2-6-12-21)29-28(22-13-7-3-8-14-22)32-30(33-29)23-15-9-4-10-16-23/h2-19H,1H3,(H,32,33). The van der Waals surface area contributed by atoms with Gasteiger partial charge in [-0.05, 0) is 24.1 Å². The van der Waals surface area contributed by atoms with Crippen LogP contribution in [0.25, 0.3) is 56.0 Å². The SMILES string of the molecule is Cc1ccc2c(-c3ccccc3)c(-c3[nH]c(-c4ccccc4)nc3-c3ccccc3)c(=O)oc2c1. The smallest absolute Gasteiger partial charge is 0.346 e. The van der Waals surface area contributed by atoms with Crippen LogP contribution in [0.3, 0.4) is 0 Å². The van der Waals surface area contributed by atoms with Gasteiger partial charge in [-0.25, -0.2) is 9.78 Å². The number of benzene rings is 4. The Balaban J connectivity index is 1.73. The Labute approximate surface area is 202 Å². The summed E-state index contributed by atoms with van der Waals surface area (Å²) < 4.78 is 5.89. The zero-order valence-corrected chi connectivity index (χ0v) is 19.2. The van der Waals surface area contributed by atoms with E-state index in [9.17, 15) is 4.79 Å². The molecule has 0 unspecified atom stereocenters. The third-order valence-electron chi connectivity index (χ3n) is 6.17. The van der Waals surface area contributed by atoms with Gasteiger partial charge in [0.2, 0.25) is 0 Å². The van der Waals surface area contributed by atoms with Gasteiger partial charge in [-0.3, -0.25) is 0 Å². The Morgan fingerprint density at radius 1 is 0.686 bits per heavy atom. The number of nitrogens with one attached hydrogen (secondary N) is 1. The maximum Gasteiger partial charge on any atom is 0.346 e. The first-order valence-electron chi connectivity index (χ1n) is 11.5. The van der Waals surface area contributed by atoms with Crippen molar-refractivity contribution in [1.29, 1.82) is 0 Å². The van der Waals surface area contributed by atoms with Gasteiger partial charge in [-0.15, -0.1) is 0 Å². The average Bonchev–Trinajstić information content (AvgIpc) is 3.34. The summed E-state index contributed by atoms with van der Waals surface area (Å²) in [7, 11) is 0. The van der Waals surface area contributed by atoms with Gasteiger partial charge in [0.15, 0.2) is 0 Å². The molecule has 4 heteroatoms. The van der Waals surface area contributed by atoms with Gasteiger partial charge in [0.1, 0.15) is 11.4 Å². The van der Waals surface area contributed by atoms with E-state index in [0.29, 0.717) is 28.4 Å². The highest BCUT2D eigenvalue weighted by Crippen LogP contribution is 2.40. The Morgan fingerprint density at radius 3 is 1.94 bits per heavy atom. The number of aromatic amines is 1. The molecule has 0 aliphatic carbocycles. The van der Waals surface area contributed by atoms with E-state index in [1.165, 1.54) is 0 Å². The van der Waals surface area contributed by atoms with Crippen LogP contribution in [0.2, 0.25) is 0 Å². The largest absolute Gasteiger partial charge is 0.422 e. The van der Waals surface area contributed by atoms with Crippen molar-refractivity contribution < 1.29 is 4.42 Å². The summed E-state index contributed by atoms with van der Waals surface area (Å²) in [5.41, 5.74) is 6.67. The maximum absolute atomic E-state index is 13.7. The third kappa shape index (κ3) is 3.75. The molecule has 0 amide bonds. The second-order valence-corrected chi connectivity index (χ2v) is 8.55. The minimum Gasteiger partial charge on any atom is -0.422 e. The molecule has 4 aromatic carbocycles. The molecule has 0 radical (unpaired) electrons. The molecule has 6 rings (SSSR count). The maximum atomic E-state index is 13.7. The summed E-state index contributed by atoms with van der Waals surface area (Å²) in [5.74, 6) is 0.696. The van der Waals surface area contributed by atoms with Crippen LogP contribution in [-0.2, 0) is 0 Å². The van der Waals surface area contributed by atoms with Gasteiger partial charge in [0.25, 0.3) is 0 Å². The molecule has 35 heavy (non-hydrogen) atoms. The zero-order chi connectivity index (χ0) is 23.8. The average molecular weight is 455 g/mol. The number of fused-ring (bicyclic) bond motifs is 1. The molecule has 0 aliphatic heterocycles. The lowest BCUT2D eigenvalue weighted by Gasteiger charge is -2.13. The van der Waals surface area contributed by atoms with Gasteiger partial charge in [0.05, 0.1) is 17.0 Å². The summed E-state index contributed by atoms with van der Waals surface area (Å²) >= 11 is 0. The third-order valence-corrected chi connectivity index (χ3v) is 6.17. The van der Waals surface area contributed by atoms with E-state index >= 15 is 0 Å². The number of imidazole rings is 1. The fraction of sp³-hybridized carbons (Fsp3) is 0.0323. The molecule has 4 nitrogen and oxygen atoms in total. The number of nitrogens with zero attached hydrogens (tertiary/aromatic N) is 1. The predicted molar refractivity (Wildman–Crippen MR) is 141 cm³/mol. The molecular formula is C31H22N2O2. The molecule has 2 heterocycles. The lowest BCUT2D eigenvalue weighted by molar-refractivity contribution is 0.563. The number of aryl methyl sites for hydroxylation is 1. The van der Waals surface area contributed by atoms with Crippen LogP contribution in [0, 0.1) is 6.92 Å². The van der Waals surface area contributed by atoms with Crippen LogP contribution in [-0.4, -0.2) is 9.97 Å². The Kier molecular flexibility index (Phi) is 5.12. The van der Waals surface area contributed by atoms with Gasteiger partial charge in [-0.2, -0.15) is 0 Å². The fourth-order valence-corrected chi connectivity index (χ4v) is 4.53. The first kappa shape index (κ1) is 20.9. The van der Waals surface area contributed by atoms with Crippen molar-refractivity contribution in [2.24, 2.45) is 0 Å². The van der Waals surface area contributed by atoms with Crippen molar-refractivity contribution in [3.8, 4) is 45.0 Å². The summed E-state index contributed by atoms with van der Waals surface area (Å²) in [4.78, 5) is 22.1. The summed E-state index contributed by atoms with van der Waals surface area (Å²) in [6, 6.07) is 35.8. The van der Waals surface area contributed by atoms with Crippen LogP contribution < -0.4 is 5.63 Å². The minimum atomic E-state index is -0.401. The molecule has 0 bridgehead atoms. The molecule has 0 atom stereocenters. The van der Waals surface area contributed by atoms with Crippen LogP contribution >= 0.6 is 0 Å². The Morgan fingerprint density at radius 2 is 1.29 bits per heavy atom. The van der Waals surface area contributed by atoms with E-state index in [0.717, 1.165) is 33.2 Å². The van der Waals surface area contributed by atoms with Crippen LogP contribution in [0.1, 0.15) is 5.56 Å². The quantitative estimate of drug-likeness (QED) is 0.281. The fourth-order valence-electron chi connectivity index (χ4n) is 4.53. The molecule has 0 saturated carbocycles. The number of hydrogen-bond donors (Lipinski definition) is 1. The van der Waals surface area contributed by atoms with E-state index in [-0.39, 0.29) is 0 Å². The number of aromatic nitrogens is 2. The van der Waals surface area contributed by atoms with E-state index < -0.39 is 5.63 Å². The van der Waals surface area contributed by atoms with E-state index in [1.807, 2.05) is 116 Å². The van der Waals surface area contributed by atoms with Crippen molar-refractivity contribution in [2.45, 2.75) is 6.92 Å². The van der Waals surface area contributed by atoms with Gasteiger partial charge in [-0.1, -0.05) is 103 Å². The van der Waals surface area contributed by atoms with Gasteiger partial charge >= 0.3 is 5.63 Å². The lowest BCUT2D eigenvalue weighted by Crippen LogP contribution is -2.07. The van der Waals surface area contributed by atoms with Crippen LogP contribution in [0.5, 0.6) is 0 Å². The number of hydrogen-bond acceptors (Lipinski definition) is 3. The topological polar surface area (TPSA) is 58.9 Å². The normalized spacial score (nSPS) is 11.1. The minimum absolute atomic E-state index is 0.401. The van der Waals surface area contributed by atoms with Gasteiger partial charge in [0, 0.05) is 22.1 Å². The summed E-state index contributed by atoms with van der Waals surface area (Å²) in [6.07, 6.45) is 0. The highest BCUT2D eigenvalue weighted by atomic mass is 16.4. The molecule has 2 aromatic heterocycles. The second kappa shape index (κ2) is 8.58. The monoisotopic (exact) mass is 454 g/mol. The number of H-pyrrole nitrogens is 1. The molecule has 1 N–H and O–H groups in total. The van der Waals surface area contributed by atoms with Crippen molar-refractivity contribution in [3.05, 3.63) is 125 Å². The van der Waals surface area contributed by atoms with Crippen molar-refractivity contribution >= 4 is 11.0 Å². The van der Waals surface area contributed by atoms with Crippen molar-refractivity contribution in [1.82, 2.24) is 9.97 Å². The number of rotatable bonds is 4. The summed E-state index contributed by atoms with van der Waals surface area (Å²) in [6.45, 7) is 1.99. The molecule has 0 aliphatic rings. The lowest BCUT2D eigenvalue weighted by atomic mass is 9.93. The molecule has 6 aromatic rings. The van der Waals surface area contributed by atoms with Crippen molar-refractivity contribution in [2.75, 3.05) is 0 Å². The molecule has 168 valence electrons. The molecular weight excluding hydrogens is 432 g/mol. The zero-order valence-electron chi connectivity index (χ0n) is 19.2. The van der Waals surface area contributed by atoms with Crippen LogP contribution in [0.4, 0.5) is 0 Å². The molecule has 0 spiro atoms. The highest BCUT2D eigenvalue weighted by molar-refractivity contribution is 6.02. The second-order valence-electron chi connectivity index (χ2n) is 8.55. The predicted octanol–water partition coefficient (Wildman–Crippen LogP) is 7.49. The first-order valence-corrected chi connectivity index (χ1v) is 11.5. The van der Waals surface area contributed by atoms with E-state index in [4.69, 9.17) is 9.40 Å². The highest BCUT2D eigenvalue weighted by Gasteiger charge is 2.24. The van der Waals surface area contributed by atoms with E-state index in [2.05, 4.69) is 4.98 Å². The molecule has 0 fully saturated rings. The Bertz CT molecular complexity index is 1700. The molecule has 0 saturated heterocycles. The van der Waals surface area contributed by atoms with Gasteiger partial charge < -0.3 is 9.40 Å². The van der Waals surface area contributed by atoms with Crippen molar-refractivity contribution in [3.63, 3.8) is 0 Å². The summed E-state index contributed by atoms with van der Waals surface area (Å²) in [5, 5.41) is 0.881. The Hall–Kier alpha value is -4.70. The van der Waals surface area contributed by atoms with E-state index in [1.54, 1.807) is 0 Å². The van der Waals surface area contributed by atoms with Crippen LogP contribution in [0.15, 0.2) is 118 Å². The first-order chi connectivity index (χ1) is 17.2.